The van der Waals surface area contributed by atoms with Gasteiger partial charge < -0.3 is 10.1 Å². The lowest BCUT2D eigenvalue weighted by Gasteiger charge is -2.31. The molecule has 1 aromatic rings. The van der Waals surface area contributed by atoms with Crippen molar-refractivity contribution in [2.45, 2.75) is 19.9 Å². The van der Waals surface area contributed by atoms with Crippen LogP contribution >= 0.6 is 0 Å². The van der Waals surface area contributed by atoms with Crippen LogP contribution in [-0.2, 0) is 9.53 Å². The van der Waals surface area contributed by atoms with Crippen LogP contribution in [0, 0.1) is 18.6 Å². The van der Waals surface area contributed by atoms with Crippen molar-refractivity contribution < 1.29 is 18.3 Å². The van der Waals surface area contributed by atoms with Gasteiger partial charge in [0.05, 0.1) is 19.3 Å². The summed E-state index contributed by atoms with van der Waals surface area (Å²) in [5, 5.41) is 2.65. The second kappa shape index (κ2) is 6.28. The van der Waals surface area contributed by atoms with E-state index in [4.69, 9.17) is 4.74 Å². The molecule has 0 aliphatic carbocycles. The standard InChI is InChI=1S/C14H18F2N2O2/c1-9-12(4-3-11(15)13(9)16)17-14(19)10(2)18-5-7-20-8-6-18/h3-4,10H,5-8H2,1-2H3,(H,17,19)/t10-/m0/s1. The lowest BCUT2D eigenvalue weighted by atomic mass is 10.1. The van der Waals surface area contributed by atoms with Gasteiger partial charge in [0.1, 0.15) is 0 Å². The first-order chi connectivity index (χ1) is 9.50. The number of hydrogen-bond donors (Lipinski definition) is 1. The third-order valence-electron chi connectivity index (χ3n) is 3.57. The molecule has 1 aliphatic rings. The van der Waals surface area contributed by atoms with Crippen LogP contribution < -0.4 is 5.32 Å². The van der Waals surface area contributed by atoms with E-state index in [0.29, 0.717) is 32.0 Å². The molecule has 4 nitrogen and oxygen atoms in total. The Kier molecular flexibility index (Phi) is 4.67. The molecule has 0 spiro atoms. The molecule has 1 N–H and O–H groups in total. The van der Waals surface area contributed by atoms with Gasteiger partial charge in [0, 0.05) is 24.3 Å². The number of halogens is 2. The van der Waals surface area contributed by atoms with Gasteiger partial charge in [-0.25, -0.2) is 8.78 Å². The highest BCUT2D eigenvalue weighted by atomic mass is 19.2. The summed E-state index contributed by atoms with van der Waals surface area (Å²) in [6.07, 6.45) is 0. The van der Waals surface area contributed by atoms with Crippen LogP contribution in [0.1, 0.15) is 12.5 Å². The fourth-order valence-electron chi connectivity index (χ4n) is 2.16. The minimum atomic E-state index is -0.929. The number of carbonyl (C=O) groups is 1. The van der Waals surface area contributed by atoms with Gasteiger partial charge in [0.2, 0.25) is 5.91 Å². The number of amides is 1. The number of nitrogens with one attached hydrogen (secondary N) is 1. The van der Waals surface area contributed by atoms with Gasteiger partial charge in [-0.1, -0.05) is 0 Å². The average molecular weight is 284 g/mol. The van der Waals surface area contributed by atoms with Crippen molar-refractivity contribution in [1.82, 2.24) is 4.90 Å². The summed E-state index contributed by atoms with van der Waals surface area (Å²) in [7, 11) is 0. The van der Waals surface area contributed by atoms with Crippen molar-refractivity contribution in [2.75, 3.05) is 31.6 Å². The molecule has 0 saturated carbocycles. The zero-order valence-corrected chi connectivity index (χ0v) is 11.6. The smallest absolute Gasteiger partial charge is 0.241 e. The molecule has 110 valence electrons. The molecule has 2 rings (SSSR count). The van der Waals surface area contributed by atoms with Gasteiger partial charge in [-0.05, 0) is 26.0 Å². The molecule has 1 aromatic carbocycles. The molecular formula is C14H18F2N2O2. The van der Waals surface area contributed by atoms with Crippen molar-refractivity contribution in [2.24, 2.45) is 0 Å². The molecule has 0 radical (unpaired) electrons. The van der Waals surface area contributed by atoms with Gasteiger partial charge in [-0.2, -0.15) is 0 Å². The second-order valence-electron chi connectivity index (χ2n) is 4.85. The molecule has 0 aromatic heterocycles. The van der Waals surface area contributed by atoms with E-state index in [1.165, 1.54) is 13.0 Å². The van der Waals surface area contributed by atoms with E-state index < -0.39 is 11.6 Å². The molecule has 20 heavy (non-hydrogen) atoms. The van der Waals surface area contributed by atoms with Crippen LogP contribution in [0.25, 0.3) is 0 Å². The third kappa shape index (κ3) is 3.13. The fraction of sp³-hybridized carbons (Fsp3) is 0.500. The monoisotopic (exact) mass is 284 g/mol. The summed E-state index contributed by atoms with van der Waals surface area (Å²) in [5.41, 5.74) is 0.404. The first-order valence-electron chi connectivity index (χ1n) is 6.58. The SMILES string of the molecule is Cc1c(NC(=O)[C@H](C)N2CCOCC2)ccc(F)c1F. The Morgan fingerprint density at radius 1 is 1.35 bits per heavy atom. The fourth-order valence-corrected chi connectivity index (χ4v) is 2.16. The molecule has 1 saturated heterocycles. The Morgan fingerprint density at radius 3 is 2.65 bits per heavy atom. The van der Waals surface area contributed by atoms with E-state index in [1.54, 1.807) is 6.92 Å². The highest BCUT2D eigenvalue weighted by Gasteiger charge is 2.24. The maximum atomic E-state index is 13.4. The topological polar surface area (TPSA) is 41.6 Å². The maximum absolute atomic E-state index is 13.4. The molecule has 0 bridgehead atoms. The van der Waals surface area contributed by atoms with E-state index in [1.807, 2.05) is 4.90 Å². The van der Waals surface area contributed by atoms with Crippen LogP contribution in [0.2, 0.25) is 0 Å². The number of anilines is 1. The number of carbonyl (C=O) groups excluding carboxylic acids is 1. The van der Waals surface area contributed by atoms with Crippen LogP contribution in [0.15, 0.2) is 12.1 Å². The third-order valence-corrected chi connectivity index (χ3v) is 3.57. The largest absolute Gasteiger partial charge is 0.379 e. The van der Waals surface area contributed by atoms with Gasteiger partial charge in [0.15, 0.2) is 11.6 Å². The van der Waals surface area contributed by atoms with Crippen molar-refractivity contribution in [3.8, 4) is 0 Å². The van der Waals surface area contributed by atoms with E-state index in [2.05, 4.69) is 5.32 Å². The molecule has 1 atom stereocenters. The Labute approximate surface area is 116 Å². The average Bonchev–Trinajstić information content (AvgIpc) is 2.48. The number of rotatable bonds is 3. The van der Waals surface area contributed by atoms with Crippen LogP contribution in [0.4, 0.5) is 14.5 Å². The van der Waals surface area contributed by atoms with Gasteiger partial charge in [-0.3, -0.25) is 9.69 Å². The second-order valence-corrected chi connectivity index (χ2v) is 4.85. The highest BCUT2D eigenvalue weighted by Crippen LogP contribution is 2.21. The van der Waals surface area contributed by atoms with Gasteiger partial charge in [-0.15, -0.1) is 0 Å². The Bertz CT molecular complexity index is 502. The zero-order chi connectivity index (χ0) is 14.7. The first-order valence-corrected chi connectivity index (χ1v) is 6.58. The van der Waals surface area contributed by atoms with Crippen LogP contribution in [0.5, 0.6) is 0 Å². The minimum absolute atomic E-state index is 0.104. The Balaban J connectivity index is 2.05. The van der Waals surface area contributed by atoms with Crippen molar-refractivity contribution in [1.29, 1.82) is 0 Å². The van der Waals surface area contributed by atoms with Gasteiger partial charge >= 0.3 is 0 Å². The molecular weight excluding hydrogens is 266 g/mol. The Hall–Kier alpha value is -1.53. The lowest BCUT2D eigenvalue weighted by molar-refractivity contribution is -0.122. The van der Waals surface area contributed by atoms with Crippen molar-refractivity contribution >= 4 is 11.6 Å². The summed E-state index contributed by atoms with van der Waals surface area (Å²) >= 11 is 0. The summed E-state index contributed by atoms with van der Waals surface area (Å²) in [4.78, 5) is 14.1. The number of nitrogens with zero attached hydrogens (tertiary/aromatic N) is 1. The molecule has 1 amide bonds. The zero-order valence-electron chi connectivity index (χ0n) is 11.6. The summed E-state index contributed by atoms with van der Waals surface area (Å²) in [5.74, 6) is -2.08. The van der Waals surface area contributed by atoms with E-state index >= 15 is 0 Å². The predicted octanol–water partition coefficient (Wildman–Crippen LogP) is 1.93. The molecule has 1 heterocycles. The Morgan fingerprint density at radius 2 is 2.00 bits per heavy atom. The van der Waals surface area contributed by atoms with Crippen molar-refractivity contribution in [3.05, 3.63) is 29.3 Å². The lowest BCUT2D eigenvalue weighted by Crippen LogP contribution is -2.47. The van der Waals surface area contributed by atoms with E-state index in [0.717, 1.165) is 6.07 Å². The number of morpholine rings is 1. The highest BCUT2D eigenvalue weighted by molar-refractivity contribution is 5.95. The molecule has 6 heteroatoms. The quantitative estimate of drug-likeness (QED) is 0.922. The minimum Gasteiger partial charge on any atom is -0.379 e. The predicted molar refractivity (Wildman–Crippen MR) is 71.6 cm³/mol. The summed E-state index contributed by atoms with van der Waals surface area (Å²) < 4.78 is 31.7. The van der Waals surface area contributed by atoms with E-state index in [-0.39, 0.29) is 17.5 Å². The number of ether oxygens (including phenoxy) is 1. The van der Waals surface area contributed by atoms with Crippen molar-refractivity contribution in [3.63, 3.8) is 0 Å². The first kappa shape index (κ1) is 14.9. The van der Waals surface area contributed by atoms with Crippen LogP contribution in [-0.4, -0.2) is 43.2 Å². The normalized spacial score (nSPS) is 17.8. The summed E-state index contributed by atoms with van der Waals surface area (Å²) in [6.45, 7) is 5.80. The number of benzene rings is 1. The van der Waals surface area contributed by atoms with Gasteiger partial charge in [0.25, 0.3) is 0 Å². The maximum Gasteiger partial charge on any atom is 0.241 e. The molecule has 1 aliphatic heterocycles. The van der Waals surface area contributed by atoms with E-state index in [9.17, 15) is 13.6 Å². The number of hydrogen-bond acceptors (Lipinski definition) is 3. The molecule has 1 fully saturated rings. The molecule has 0 unspecified atom stereocenters. The van der Waals surface area contributed by atoms with Crippen LogP contribution in [0.3, 0.4) is 0 Å². The summed E-state index contributed by atoms with van der Waals surface area (Å²) in [6, 6.07) is 2.04.